The van der Waals surface area contributed by atoms with E-state index in [9.17, 15) is 8.42 Å². The van der Waals surface area contributed by atoms with E-state index >= 15 is 0 Å². The number of nitrogens with zero attached hydrogens (tertiary/aromatic N) is 2. The number of hydrogen-bond acceptors (Lipinski definition) is 4. The lowest BCUT2D eigenvalue weighted by Gasteiger charge is -2.33. The molecule has 0 spiro atoms. The molecule has 1 aromatic heterocycles. The summed E-state index contributed by atoms with van der Waals surface area (Å²) < 4.78 is 27.0. The minimum atomic E-state index is -3.26. The van der Waals surface area contributed by atoms with Crippen LogP contribution in [-0.2, 0) is 10.0 Å². The molecule has 2 rings (SSSR count). The summed E-state index contributed by atoms with van der Waals surface area (Å²) in [5.41, 5.74) is 0. The molecule has 1 aromatic rings. The van der Waals surface area contributed by atoms with Crippen molar-refractivity contribution in [2.75, 3.05) is 32.7 Å². The second kappa shape index (κ2) is 6.35. The molecular weight excluding hydrogens is 280 g/mol. The molecule has 1 aliphatic rings. The maximum Gasteiger partial charge on any atom is 0.252 e. The van der Waals surface area contributed by atoms with Gasteiger partial charge in [0, 0.05) is 31.1 Å². The van der Waals surface area contributed by atoms with Gasteiger partial charge < -0.3 is 4.90 Å². The van der Waals surface area contributed by atoms with Gasteiger partial charge in [0.1, 0.15) is 4.21 Å². The zero-order chi connectivity index (χ0) is 13.9. The molecule has 0 aromatic carbocycles. The lowest BCUT2D eigenvalue weighted by Crippen LogP contribution is -2.48. The van der Waals surface area contributed by atoms with Crippen molar-refractivity contribution in [2.24, 2.45) is 0 Å². The number of hydrogen-bond donors (Lipinski definition) is 0. The molecule has 108 valence electrons. The van der Waals surface area contributed by atoms with E-state index in [1.807, 2.05) is 13.0 Å². The van der Waals surface area contributed by atoms with Crippen LogP contribution in [0.1, 0.15) is 24.6 Å². The van der Waals surface area contributed by atoms with Gasteiger partial charge in [0.2, 0.25) is 0 Å². The fourth-order valence-corrected chi connectivity index (χ4v) is 5.11. The number of unbranched alkanes of at least 4 members (excludes halogenated alkanes) is 1. The first-order valence-electron chi connectivity index (χ1n) is 6.83. The Morgan fingerprint density at radius 1 is 1.21 bits per heavy atom. The van der Waals surface area contributed by atoms with Crippen molar-refractivity contribution in [3.05, 3.63) is 17.0 Å². The van der Waals surface area contributed by atoms with Crippen molar-refractivity contribution in [3.8, 4) is 0 Å². The van der Waals surface area contributed by atoms with Crippen molar-refractivity contribution in [3.63, 3.8) is 0 Å². The summed E-state index contributed by atoms with van der Waals surface area (Å²) >= 11 is 1.36. The molecule has 2 heterocycles. The molecule has 0 atom stereocenters. The first-order valence-corrected chi connectivity index (χ1v) is 9.08. The van der Waals surface area contributed by atoms with E-state index in [0.717, 1.165) is 24.5 Å². The van der Waals surface area contributed by atoms with Crippen LogP contribution in [0, 0.1) is 6.92 Å². The number of sulfonamides is 1. The summed E-state index contributed by atoms with van der Waals surface area (Å²) in [6.45, 7) is 8.13. The normalized spacial score (nSPS) is 18.8. The molecule has 0 radical (unpaired) electrons. The molecule has 0 bridgehead atoms. The smallest absolute Gasteiger partial charge is 0.252 e. The highest BCUT2D eigenvalue weighted by Gasteiger charge is 2.29. The molecule has 0 amide bonds. The first-order chi connectivity index (χ1) is 9.04. The Morgan fingerprint density at radius 2 is 1.89 bits per heavy atom. The monoisotopic (exact) mass is 302 g/mol. The van der Waals surface area contributed by atoms with Crippen LogP contribution in [0.5, 0.6) is 0 Å². The van der Waals surface area contributed by atoms with E-state index in [1.165, 1.54) is 24.2 Å². The van der Waals surface area contributed by atoms with Crippen LogP contribution in [0.3, 0.4) is 0 Å². The van der Waals surface area contributed by atoms with Crippen molar-refractivity contribution in [1.29, 1.82) is 0 Å². The number of rotatable bonds is 5. The van der Waals surface area contributed by atoms with Crippen molar-refractivity contribution in [1.82, 2.24) is 9.21 Å². The van der Waals surface area contributed by atoms with E-state index in [-0.39, 0.29) is 0 Å². The topological polar surface area (TPSA) is 40.6 Å². The average Bonchev–Trinajstić information content (AvgIpc) is 2.84. The third-order valence-electron chi connectivity index (χ3n) is 3.47. The van der Waals surface area contributed by atoms with E-state index in [1.54, 1.807) is 10.4 Å². The molecule has 1 saturated heterocycles. The van der Waals surface area contributed by atoms with E-state index in [0.29, 0.717) is 17.3 Å². The highest BCUT2D eigenvalue weighted by Crippen LogP contribution is 2.25. The Labute approximate surface area is 120 Å². The molecule has 0 aliphatic carbocycles. The number of piperazine rings is 1. The van der Waals surface area contributed by atoms with Crippen LogP contribution in [0.2, 0.25) is 0 Å². The maximum absolute atomic E-state index is 12.4. The molecule has 0 N–H and O–H groups in total. The quantitative estimate of drug-likeness (QED) is 0.837. The summed E-state index contributed by atoms with van der Waals surface area (Å²) in [5.74, 6) is 0. The third-order valence-corrected chi connectivity index (χ3v) is 6.84. The average molecular weight is 302 g/mol. The summed E-state index contributed by atoms with van der Waals surface area (Å²) in [5, 5.41) is 0. The molecule has 1 fully saturated rings. The Bertz CT molecular complexity index is 502. The van der Waals surface area contributed by atoms with Crippen LogP contribution >= 0.6 is 11.3 Å². The fourth-order valence-electron chi connectivity index (χ4n) is 2.25. The molecule has 4 nitrogen and oxygen atoms in total. The van der Waals surface area contributed by atoms with Crippen LogP contribution in [0.25, 0.3) is 0 Å². The van der Waals surface area contributed by atoms with E-state index in [4.69, 9.17) is 0 Å². The largest absolute Gasteiger partial charge is 0.301 e. The van der Waals surface area contributed by atoms with Gasteiger partial charge in [-0.2, -0.15) is 4.31 Å². The minimum Gasteiger partial charge on any atom is -0.301 e. The second-order valence-electron chi connectivity index (χ2n) is 4.96. The van der Waals surface area contributed by atoms with Gasteiger partial charge in [0.15, 0.2) is 0 Å². The second-order valence-corrected chi connectivity index (χ2v) is 8.42. The van der Waals surface area contributed by atoms with Crippen LogP contribution < -0.4 is 0 Å². The molecular formula is C13H22N2O2S2. The SMILES string of the molecule is CCCCN1CCN(S(=O)(=O)c2ccc(C)s2)CC1. The molecule has 19 heavy (non-hydrogen) atoms. The Morgan fingerprint density at radius 3 is 2.42 bits per heavy atom. The van der Waals surface area contributed by atoms with Crippen molar-refractivity contribution >= 4 is 21.4 Å². The fraction of sp³-hybridized carbons (Fsp3) is 0.692. The van der Waals surface area contributed by atoms with Crippen LogP contribution in [0.15, 0.2) is 16.3 Å². The highest BCUT2D eigenvalue weighted by molar-refractivity contribution is 7.91. The Hall–Kier alpha value is -0.430. The van der Waals surface area contributed by atoms with Gasteiger partial charge >= 0.3 is 0 Å². The predicted molar refractivity (Wildman–Crippen MR) is 79.2 cm³/mol. The minimum absolute atomic E-state index is 0.479. The molecule has 0 unspecified atom stereocenters. The maximum atomic E-state index is 12.4. The Kier molecular flexibility index (Phi) is 5.00. The lowest BCUT2D eigenvalue weighted by atomic mass is 10.3. The van der Waals surface area contributed by atoms with E-state index in [2.05, 4.69) is 11.8 Å². The van der Waals surface area contributed by atoms with Gasteiger partial charge in [-0.05, 0) is 32.0 Å². The standard InChI is InChI=1S/C13H22N2O2S2/c1-3-4-7-14-8-10-15(11-9-14)19(16,17)13-6-5-12(2)18-13/h5-6H,3-4,7-11H2,1-2H3. The van der Waals surface area contributed by atoms with Gasteiger partial charge in [-0.15, -0.1) is 11.3 Å². The predicted octanol–water partition coefficient (Wildman–Crippen LogP) is 2.16. The number of aryl methyl sites for hydroxylation is 1. The van der Waals surface area contributed by atoms with Crippen LogP contribution in [-0.4, -0.2) is 50.3 Å². The van der Waals surface area contributed by atoms with Crippen molar-refractivity contribution in [2.45, 2.75) is 30.9 Å². The Balaban J connectivity index is 1.97. The molecule has 0 saturated carbocycles. The zero-order valence-electron chi connectivity index (χ0n) is 11.6. The zero-order valence-corrected chi connectivity index (χ0v) is 13.3. The van der Waals surface area contributed by atoms with Gasteiger partial charge in [-0.25, -0.2) is 8.42 Å². The van der Waals surface area contributed by atoms with Crippen molar-refractivity contribution < 1.29 is 8.42 Å². The van der Waals surface area contributed by atoms with Gasteiger partial charge in [0.25, 0.3) is 10.0 Å². The summed E-state index contributed by atoms with van der Waals surface area (Å²) in [4.78, 5) is 3.40. The third kappa shape index (κ3) is 3.56. The summed E-state index contributed by atoms with van der Waals surface area (Å²) in [6.07, 6.45) is 2.38. The lowest BCUT2D eigenvalue weighted by molar-refractivity contribution is 0.186. The van der Waals surface area contributed by atoms with Gasteiger partial charge in [-0.1, -0.05) is 13.3 Å². The number of thiophene rings is 1. The van der Waals surface area contributed by atoms with Crippen LogP contribution in [0.4, 0.5) is 0 Å². The summed E-state index contributed by atoms with van der Waals surface area (Å²) in [6, 6.07) is 3.59. The first kappa shape index (κ1) is 15.0. The molecule has 1 aliphatic heterocycles. The van der Waals surface area contributed by atoms with E-state index < -0.39 is 10.0 Å². The molecule has 6 heteroatoms. The van der Waals surface area contributed by atoms with Gasteiger partial charge in [0.05, 0.1) is 0 Å². The van der Waals surface area contributed by atoms with Gasteiger partial charge in [-0.3, -0.25) is 0 Å². The highest BCUT2D eigenvalue weighted by atomic mass is 32.2. The summed E-state index contributed by atoms with van der Waals surface area (Å²) in [7, 11) is -3.26.